The van der Waals surface area contributed by atoms with Gasteiger partial charge in [-0.3, -0.25) is 10.2 Å². The highest BCUT2D eigenvalue weighted by atomic mass is 16.5. The van der Waals surface area contributed by atoms with E-state index in [0.29, 0.717) is 17.3 Å². The molecule has 2 aromatic carbocycles. The molecule has 1 heterocycles. The number of nitrogens with one attached hydrogen (secondary N) is 1. The van der Waals surface area contributed by atoms with Crippen molar-refractivity contribution in [1.82, 2.24) is 10.3 Å². The number of carbonyl (C=O) groups excluding carboxylic acids is 1. The number of hydrogen-bond acceptors (Lipinski definition) is 3. The van der Waals surface area contributed by atoms with Crippen molar-refractivity contribution >= 4 is 22.5 Å². The van der Waals surface area contributed by atoms with E-state index < -0.39 is 6.03 Å². The Morgan fingerprint density at radius 2 is 1.91 bits per heavy atom. The standard InChI is InChI=1S/C17H15N3O2/c21-17(19-12-13-5-4-10-18-11-13)20(22)16-9-3-7-14-6-1-2-8-15(14)16/h1-11,22H,12H2,(H,19,21). The van der Waals surface area contributed by atoms with Crippen molar-refractivity contribution in [3.05, 3.63) is 72.6 Å². The second-order valence-corrected chi connectivity index (χ2v) is 4.83. The number of rotatable bonds is 3. The summed E-state index contributed by atoms with van der Waals surface area (Å²) in [6.45, 7) is 0.300. The van der Waals surface area contributed by atoms with Crippen LogP contribution in [0.25, 0.3) is 10.8 Å². The molecular weight excluding hydrogens is 278 g/mol. The number of hydrogen-bond donors (Lipinski definition) is 2. The smallest absolute Gasteiger partial charge is 0.332 e. The van der Waals surface area contributed by atoms with Gasteiger partial charge >= 0.3 is 6.03 Å². The number of aromatic nitrogens is 1. The van der Waals surface area contributed by atoms with Gasteiger partial charge in [0.2, 0.25) is 0 Å². The van der Waals surface area contributed by atoms with Crippen LogP contribution in [0.1, 0.15) is 5.56 Å². The molecule has 5 heteroatoms. The third-order valence-corrected chi connectivity index (χ3v) is 3.35. The summed E-state index contributed by atoms with van der Waals surface area (Å²) in [6, 6.07) is 16.1. The molecule has 2 amide bonds. The average Bonchev–Trinajstić information content (AvgIpc) is 2.59. The third-order valence-electron chi connectivity index (χ3n) is 3.35. The molecule has 0 saturated heterocycles. The predicted molar refractivity (Wildman–Crippen MR) is 84.7 cm³/mol. The molecule has 22 heavy (non-hydrogen) atoms. The van der Waals surface area contributed by atoms with Crippen LogP contribution in [-0.4, -0.2) is 16.2 Å². The lowest BCUT2D eigenvalue weighted by atomic mass is 10.1. The maximum Gasteiger partial charge on any atom is 0.346 e. The summed E-state index contributed by atoms with van der Waals surface area (Å²) in [7, 11) is 0. The first kappa shape index (κ1) is 14.0. The summed E-state index contributed by atoms with van der Waals surface area (Å²) in [5.41, 5.74) is 1.31. The van der Waals surface area contributed by atoms with Gasteiger partial charge in [0, 0.05) is 24.3 Å². The Bertz CT molecular complexity index is 785. The van der Waals surface area contributed by atoms with E-state index in [0.717, 1.165) is 16.3 Å². The van der Waals surface area contributed by atoms with Crippen LogP contribution < -0.4 is 10.4 Å². The molecule has 0 aliphatic carbocycles. The van der Waals surface area contributed by atoms with Crippen LogP contribution in [0.4, 0.5) is 10.5 Å². The molecule has 1 aromatic heterocycles. The Kier molecular flexibility index (Phi) is 3.98. The number of amides is 2. The van der Waals surface area contributed by atoms with E-state index in [1.54, 1.807) is 30.6 Å². The van der Waals surface area contributed by atoms with Crippen LogP contribution in [-0.2, 0) is 6.54 Å². The number of fused-ring (bicyclic) bond motifs is 1. The van der Waals surface area contributed by atoms with Gasteiger partial charge in [0.05, 0.1) is 5.69 Å². The molecular formula is C17H15N3O2. The van der Waals surface area contributed by atoms with Crippen LogP contribution in [0, 0.1) is 0 Å². The molecule has 0 atom stereocenters. The molecule has 5 nitrogen and oxygen atoms in total. The molecule has 0 radical (unpaired) electrons. The Morgan fingerprint density at radius 3 is 2.73 bits per heavy atom. The molecule has 110 valence electrons. The molecule has 0 aliphatic heterocycles. The minimum atomic E-state index is -0.583. The zero-order chi connectivity index (χ0) is 15.4. The van der Waals surface area contributed by atoms with Gasteiger partial charge in [0.25, 0.3) is 0 Å². The number of carbonyl (C=O) groups is 1. The Labute approximate surface area is 127 Å². The van der Waals surface area contributed by atoms with Crippen LogP contribution in [0.5, 0.6) is 0 Å². The van der Waals surface area contributed by atoms with Gasteiger partial charge in [-0.05, 0) is 23.1 Å². The summed E-state index contributed by atoms with van der Waals surface area (Å²) >= 11 is 0. The fraction of sp³-hybridized carbons (Fsp3) is 0.0588. The Balaban J connectivity index is 1.77. The minimum absolute atomic E-state index is 0.300. The van der Waals surface area contributed by atoms with Gasteiger partial charge in [-0.25, -0.2) is 4.79 Å². The average molecular weight is 293 g/mol. The highest BCUT2D eigenvalue weighted by Crippen LogP contribution is 2.25. The normalized spacial score (nSPS) is 10.4. The molecule has 3 rings (SSSR count). The van der Waals surface area contributed by atoms with Gasteiger partial charge in [-0.1, -0.05) is 42.5 Å². The maximum absolute atomic E-state index is 12.1. The monoisotopic (exact) mass is 293 g/mol. The SMILES string of the molecule is O=C(NCc1cccnc1)N(O)c1cccc2ccccc12. The lowest BCUT2D eigenvalue weighted by Gasteiger charge is -2.17. The summed E-state index contributed by atoms with van der Waals surface area (Å²) < 4.78 is 0. The molecule has 0 unspecified atom stereocenters. The van der Waals surface area contributed by atoms with E-state index in [1.807, 2.05) is 36.4 Å². The highest BCUT2D eigenvalue weighted by molar-refractivity contribution is 6.01. The van der Waals surface area contributed by atoms with Crippen LogP contribution in [0.15, 0.2) is 67.0 Å². The molecule has 0 fully saturated rings. The number of pyridine rings is 1. The van der Waals surface area contributed by atoms with E-state index in [1.165, 1.54) is 0 Å². The van der Waals surface area contributed by atoms with Crippen molar-refractivity contribution in [1.29, 1.82) is 0 Å². The van der Waals surface area contributed by atoms with Gasteiger partial charge in [-0.2, -0.15) is 5.06 Å². The summed E-state index contributed by atoms with van der Waals surface area (Å²) in [6.07, 6.45) is 3.33. The minimum Gasteiger partial charge on any atom is -0.332 e. The van der Waals surface area contributed by atoms with Crippen LogP contribution >= 0.6 is 0 Å². The second kappa shape index (κ2) is 6.24. The summed E-state index contributed by atoms with van der Waals surface area (Å²) in [4.78, 5) is 16.1. The first-order valence-electron chi connectivity index (χ1n) is 6.89. The van der Waals surface area contributed by atoms with E-state index >= 15 is 0 Å². The fourth-order valence-electron chi connectivity index (χ4n) is 2.26. The predicted octanol–water partition coefficient (Wildman–Crippen LogP) is 3.34. The van der Waals surface area contributed by atoms with E-state index in [9.17, 15) is 10.0 Å². The fourth-order valence-corrected chi connectivity index (χ4v) is 2.26. The first-order chi connectivity index (χ1) is 10.8. The number of benzene rings is 2. The molecule has 0 bridgehead atoms. The third kappa shape index (κ3) is 2.89. The quantitative estimate of drug-likeness (QED) is 0.575. The van der Waals surface area contributed by atoms with E-state index in [2.05, 4.69) is 10.3 Å². The number of anilines is 1. The zero-order valence-electron chi connectivity index (χ0n) is 11.8. The van der Waals surface area contributed by atoms with Crippen molar-refractivity contribution in [2.75, 3.05) is 5.06 Å². The van der Waals surface area contributed by atoms with Crippen molar-refractivity contribution in [2.45, 2.75) is 6.54 Å². The zero-order valence-corrected chi connectivity index (χ0v) is 11.8. The lowest BCUT2D eigenvalue weighted by Crippen LogP contribution is -2.37. The summed E-state index contributed by atoms with van der Waals surface area (Å²) in [5, 5.41) is 15.2. The van der Waals surface area contributed by atoms with E-state index in [4.69, 9.17) is 0 Å². The van der Waals surface area contributed by atoms with Gasteiger partial charge in [0.1, 0.15) is 0 Å². The topological polar surface area (TPSA) is 65.5 Å². The molecule has 0 saturated carbocycles. The molecule has 0 spiro atoms. The highest BCUT2D eigenvalue weighted by Gasteiger charge is 2.15. The number of urea groups is 1. The molecule has 2 N–H and O–H groups in total. The van der Waals surface area contributed by atoms with E-state index in [-0.39, 0.29) is 0 Å². The van der Waals surface area contributed by atoms with Crippen molar-refractivity contribution in [3.63, 3.8) is 0 Å². The largest absolute Gasteiger partial charge is 0.346 e. The van der Waals surface area contributed by atoms with Crippen LogP contribution in [0.3, 0.4) is 0 Å². The van der Waals surface area contributed by atoms with Gasteiger partial charge in [0.15, 0.2) is 0 Å². The second-order valence-electron chi connectivity index (χ2n) is 4.83. The van der Waals surface area contributed by atoms with Gasteiger partial charge < -0.3 is 5.32 Å². The van der Waals surface area contributed by atoms with Gasteiger partial charge in [-0.15, -0.1) is 0 Å². The lowest BCUT2D eigenvalue weighted by molar-refractivity contribution is 0.204. The Hall–Kier alpha value is -2.92. The number of hydroxylamine groups is 1. The van der Waals surface area contributed by atoms with Crippen molar-refractivity contribution in [3.8, 4) is 0 Å². The summed E-state index contributed by atoms with van der Waals surface area (Å²) in [5.74, 6) is 0. The van der Waals surface area contributed by atoms with Crippen LogP contribution in [0.2, 0.25) is 0 Å². The van der Waals surface area contributed by atoms with Crippen molar-refractivity contribution < 1.29 is 10.0 Å². The molecule has 3 aromatic rings. The van der Waals surface area contributed by atoms with Crippen molar-refractivity contribution in [2.24, 2.45) is 0 Å². The Morgan fingerprint density at radius 1 is 1.09 bits per heavy atom. The first-order valence-corrected chi connectivity index (χ1v) is 6.89. The number of nitrogens with zero attached hydrogens (tertiary/aromatic N) is 2. The maximum atomic E-state index is 12.1. The molecule has 0 aliphatic rings.